The molecule has 0 saturated carbocycles. The van der Waals surface area contributed by atoms with Crippen molar-refractivity contribution in [1.82, 2.24) is 10.2 Å². The number of allylic oxidation sites excluding steroid dienone is 1. The summed E-state index contributed by atoms with van der Waals surface area (Å²) in [6, 6.07) is 10.6. The third kappa shape index (κ3) is 2.89. The lowest BCUT2D eigenvalue weighted by Gasteiger charge is -2.27. The summed E-state index contributed by atoms with van der Waals surface area (Å²) in [6.07, 6.45) is 0. The summed E-state index contributed by atoms with van der Waals surface area (Å²) >= 11 is 0. The Balaban J connectivity index is 2.20. The lowest BCUT2D eigenvalue weighted by Crippen LogP contribution is -2.23. The zero-order chi connectivity index (χ0) is 18.4. The largest absolute Gasteiger partial charge is 0.420 e. The third-order valence-electron chi connectivity index (χ3n) is 4.63. The molecule has 1 atom stereocenters. The molecule has 0 saturated heterocycles. The summed E-state index contributed by atoms with van der Waals surface area (Å²) in [7, 11) is 0. The van der Waals surface area contributed by atoms with Gasteiger partial charge in [-0.2, -0.15) is 5.26 Å². The molecule has 3 N–H and O–H groups in total. The van der Waals surface area contributed by atoms with Crippen LogP contribution < -0.4 is 10.5 Å². The molecule has 0 bridgehead atoms. The molecule has 1 aromatic carbocycles. The van der Waals surface area contributed by atoms with Gasteiger partial charge in [0.25, 0.3) is 0 Å². The molecule has 1 aromatic heterocycles. The van der Waals surface area contributed by atoms with Crippen LogP contribution in [0, 0.1) is 11.3 Å². The number of fused-ring (bicyclic) bond motifs is 1. The summed E-state index contributed by atoms with van der Waals surface area (Å²) in [5, 5.41) is 17.1. The van der Waals surface area contributed by atoms with E-state index < -0.39 is 0 Å². The van der Waals surface area contributed by atoms with Gasteiger partial charge < -0.3 is 10.5 Å². The number of H-pyrrole nitrogens is 1. The highest BCUT2D eigenvalue weighted by atomic mass is 16.5. The molecule has 25 heavy (non-hydrogen) atoms. The Hall–Kier alpha value is -2.74. The Bertz CT molecular complexity index is 861. The molecule has 0 unspecified atom stereocenters. The predicted octanol–water partition coefficient (Wildman–Crippen LogP) is 4.05. The number of hydrogen-bond donors (Lipinski definition) is 2. The van der Waals surface area contributed by atoms with Crippen LogP contribution in [0.4, 0.5) is 0 Å². The van der Waals surface area contributed by atoms with Crippen molar-refractivity contribution in [2.24, 2.45) is 5.73 Å². The second-order valence-electron chi connectivity index (χ2n) is 7.81. The van der Waals surface area contributed by atoms with Crippen LogP contribution in [0.1, 0.15) is 68.8 Å². The van der Waals surface area contributed by atoms with E-state index in [1.165, 1.54) is 5.56 Å². The van der Waals surface area contributed by atoms with Crippen molar-refractivity contribution in [3.8, 4) is 11.9 Å². The van der Waals surface area contributed by atoms with Gasteiger partial charge >= 0.3 is 0 Å². The van der Waals surface area contributed by atoms with Gasteiger partial charge in [-0.05, 0) is 17.0 Å². The van der Waals surface area contributed by atoms with E-state index in [9.17, 15) is 5.26 Å². The molecule has 5 heteroatoms. The molecular weight excluding hydrogens is 312 g/mol. The van der Waals surface area contributed by atoms with E-state index in [-0.39, 0.29) is 17.2 Å². The Morgan fingerprint density at radius 2 is 1.88 bits per heavy atom. The lowest BCUT2D eigenvalue weighted by atomic mass is 9.78. The van der Waals surface area contributed by atoms with Gasteiger partial charge in [-0.3, -0.25) is 5.10 Å². The summed E-state index contributed by atoms with van der Waals surface area (Å²) in [6.45, 7) is 10.6. The number of nitrogens with two attached hydrogens (primary N) is 1. The molecule has 0 aliphatic carbocycles. The number of nitrogens with zero attached hydrogens (tertiary/aromatic N) is 2. The van der Waals surface area contributed by atoms with Crippen molar-refractivity contribution in [3.05, 3.63) is 58.1 Å². The minimum absolute atomic E-state index is 0.125. The van der Waals surface area contributed by atoms with E-state index in [4.69, 9.17) is 10.5 Å². The fraction of sp³-hybridized carbons (Fsp3) is 0.400. The summed E-state index contributed by atoms with van der Waals surface area (Å²) in [4.78, 5) is 0. The molecule has 3 rings (SSSR count). The number of hydrogen-bond acceptors (Lipinski definition) is 4. The standard InChI is InChI=1S/C20H24N4O/c1-11(2)12-6-8-13(9-7-12)15-14(10-21)18(22)25-19-16(15)17(23-24-19)20(3,4)5/h6-9,11,15H,22H2,1-5H3,(H,23,24)/t15-/m0/s1. The quantitative estimate of drug-likeness (QED) is 0.866. The Morgan fingerprint density at radius 3 is 2.40 bits per heavy atom. The minimum Gasteiger partial charge on any atom is -0.420 e. The average Bonchev–Trinajstić information content (AvgIpc) is 2.97. The van der Waals surface area contributed by atoms with Crippen molar-refractivity contribution in [3.63, 3.8) is 0 Å². The number of benzene rings is 1. The molecule has 1 aliphatic heterocycles. The van der Waals surface area contributed by atoms with Gasteiger partial charge in [0.05, 0.1) is 11.5 Å². The van der Waals surface area contributed by atoms with Gasteiger partial charge in [0.1, 0.15) is 11.6 Å². The SMILES string of the molecule is CC(C)c1ccc([C@H]2C(C#N)=C(N)Oc3n[nH]c(C(C)(C)C)c32)cc1. The first-order chi connectivity index (χ1) is 11.7. The van der Waals surface area contributed by atoms with E-state index in [0.717, 1.165) is 16.8 Å². The van der Waals surface area contributed by atoms with Crippen molar-refractivity contribution < 1.29 is 4.74 Å². The van der Waals surface area contributed by atoms with E-state index in [1.807, 2.05) is 0 Å². The van der Waals surface area contributed by atoms with Crippen molar-refractivity contribution in [2.75, 3.05) is 0 Å². The van der Waals surface area contributed by atoms with E-state index in [0.29, 0.717) is 17.4 Å². The highest BCUT2D eigenvalue weighted by Crippen LogP contribution is 2.45. The molecule has 0 spiro atoms. The topological polar surface area (TPSA) is 87.7 Å². The predicted molar refractivity (Wildman–Crippen MR) is 97.1 cm³/mol. The summed E-state index contributed by atoms with van der Waals surface area (Å²) in [5.74, 6) is 0.761. The van der Waals surface area contributed by atoms with Gasteiger partial charge in [-0.1, -0.05) is 58.9 Å². The first kappa shape index (κ1) is 17.1. The molecule has 0 amide bonds. The van der Waals surface area contributed by atoms with Gasteiger partial charge in [-0.15, -0.1) is 5.10 Å². The minimum atomic E-state index is -0.275. The normalized spacial score (nSPS) is 17.2. The summed E-state index contributed by atoms with van der Waals surface area (Å²) in [5.41, 5.74) is 10.4. The Labute approximate surface area is 148 Å². The number of ether oxygens (including phenoxy) is 1. The monoisotopic (exact) mass is 336 g/mol. The molecule has 0 fully saturated rings. The fourth-order valence-corrected chi connectivity index (χ4v) is 3.22. The lowest BCUT2D eigenvalue weighted by molar-refractivity contribution is 0.378. The molecule has 130 valence electrons. The van der Waals surface area contributed by atoms with Crippen molar-refractivity contribution in [1.29, 1.82) is 5.26 Å². The van der Waals surface area contributed by atoms with Crippen LogP contribution in [0.2, 0.25) is 0 Å². The highest BCUT2D eigenvalue weighted by Gasteiger charge is 2.37. The van der Waals surface area contributed by atoms with Gasteiger partial charge in [0.15, 0.2) is 0 Å². The molecule has 1 aliphatic rings. The fourth-order valence-electron chi connectivity index (χ4n) is 3.22. The molecule has 2 aromatic rings. The first-order valence-corrected chi connectivity index (χ1v) is 8.50. The van der Waals surface area contributed by atoms with Crippen LogP contribution >= 0.6 is 0 Å². The van der Waals surface area contributed by atoms with Crippen LogP contribution in [-0.2, 0) is 5.41 Å². The average molecular weight is 336 g/mol. The Morgan fingerprint density at radius 1 is 1.24 bits per heavy atom. The molecular formula is C20H24N4O. The Kier molecular flexibility index (Phi) is 4.08. The molecule has 5 nitrogen and oxygen atoms in total. The molecule has 2 heterocycles. The maximum absolute atomic E-state index is 9.69. The van der Waals surface area contributed by atoms with E-state index in [1.54, 1.807) is 0 Å². The van der Waals surface area contributed by atoms with Crippen molar-refractivity contribution >= 4 is 0 Å². The van der Waals surface area contributed by atoms with Crippen LogP contribution in [0.25, 0.3) is 0 Å². The van der Waals surface area contributed by atoms with Crippen molar-refractivity contribution in [2.45, 2.75) is 51.9 Å². The number of rotatable bonds is 2. The number of aromatic amines is 1. The number of nitrogens with one attached hydrogen (secondary N) is 1. The zero-order valence-corrected chi connectivity index (χ0v) is 15.3. The van der Waals surface area contributed by atoms with Crippen LogP contribution in [-0.4, -0.2) is 10.2 Å². The second-order valence-corrected chi connectivity index (χ2v) is 7.81. The van der Waals surface area contributed by atoms with Crippen LogP contribution in [0.5, 0.6) is 5.88 Å². The maximum Gasteiger partial charge on any atom is 0.244 e. The van der Waals surface area contributed by atoms with Crippen LogP contribution in [0.3, 0.4) is 0 Å². The van der Waals surface area contributed by atoms with Gasteiger partial charge in [0.2, 0.25) is 11.8 Å². The first-order valence-electron chi connectivity index (χ1n) is 8.50. The third-order valence-corrected chi connectivity index (χ3v) is 4.63. The van der Waals surface area contributed by atoms with E-state index in [2.05, 4.69) is 75.2 Å². The maximum atomic E-state index is 9.69. The smallest absolute Gasteiger partial charge is 0.244 e. The van der Waals surface area contributed by atoms with Gasteiger partial charge in [0, 0.05) is 11.1 Å². The van der Waals surface area contributed by atoms with Crippen LogP contribution in [0.15, 0.2) is 35.7 Å². The second kappa shape index (κ2) is 5.96. The zero-order valence-electron chi connectivity index (χ0n) is 15.3. The summed E-state index contributed by atoms with van der Waals surface area (Å²) < 4.78 is 5.62. The highest BCUT2D eigenvalue weighted by molar-refractivity contribution is 5.56. The molecule has 0 radical (unpaired) electrons. The van der Waals surface area contributed by atoms with E-state index >= 15 is 0 Å². The number of aromatic nitrogens is 2. The van der Waals surface area contributed by atoms with Gasteiger partial charge in [-0.25, -0.2) is 0 Å². The number of nitriles is 1.